The van der Waals surface area contributed by atoms with Crippen molar-refractivity contribution in [3.63, 3.8) is 0 Å². The molecule has 9 nitrogen and oxygen atoms in total. The largest absolute Gasteiger partial charge is 0.467 e. The van der Waals surface area contributed by atoms with E-state index in [1.807, 2.05) is 43.5 Å². The molecule has 2 aromatic rings. The summed E-state index contributed by atoms with van der Waals surface area (Å²) >= 11 is 1.45. The molecule has 2 amide bonds. The van der Waals surface area contributed by atoms with Gasteiger partial charge in [0.2, 0.25) is 5.91 Å². The highest BCUT2D eigenvalue weighted by molar-refractivity contribution is 7.13. The smallest absolute Gasteiger partial charge is 0.410 e. The Bertz CT molecular complexity index is 1260. The monoisotopic (exact) mass is 566 g/mol. The molecule has 3 heterocycles. The Morgan fingerprint density at radius 2 is 2.08 bits per heavy atom. The van der Waals surface area contributed by atoms with Gasteiger partial charge in [0, 0.05) is 18.3 Å². The van der Waals surface area contributed by atoms with Crippen LogP contribution in [0.1, 0.15) is 55.5 Å². The first-order valence-electron chi connectivity index (χ1n) is 13.7. The van der Waals surface area contributed by atoms with Crippen LogP contribution in [0.25, 0.3) is 6.08 Å². The molecule has 2 aliphatic heterocycles. The molecule has 0 spiro atoms. The van der Waals surface area contributed by atoms with E-state index in [1.165, 1.54) is 23.3 Å². The van der Waals surface area contributed by atoms with Gasteiger partial charge in [-0.05, 0) is 35.4 Å². The number of aromatic nitrogens is 1. The fourth-order valence-electron chi connectivity index (χ4n) is 5.20. The first-order chi connectivity index (χ1) is 19.3. The second-order valence-electron chi connectivity index (χ2n) is 10.3. The Hall–Kier alpha value is -3.66. The van der Waals surface area contributed by atoms with Crippen LogP contribution < -0.4 is 5.32 Å². The van der Waals surface area contributed by atoms with E-state index in [2.05, 4.69) is 23.5 Å². The number of methoxy groups -OCH3 is 1. The van der Waals surface area contributed by atoms with E-state index in [4.69, 9.17) is 9.47 Å². The maximum absolute atomic E-state index is 13.9. The van der Waals surface area contributed by atoms with Crippen LogP contribution in [0.3, 0.4) is 0 Å². The summed E-state index contributed by atoms with van der Waals surface area (Å²) in [6.07, 6.45) is 5.06. The number of nitrogens with one attached hydrogen (secondary N) is 1. The van der Waals surface area contributed by atoms with Crippen LogP contribution in [0.15, 0.2) is 42.8 Å². The number of rotatable bonds is 11. The highest BCUT2D eigenvalue weighted by Crippen LogP contribution is 2.30. The van der Waals surface area contributed by atoms with Crippen molar-refractivity contribution in [1.29, 1.82) is 0 Å². The van der Waals surface area contributed by atoms with Crippen molar-refractivity contribution in [2.24, 2.45) is 5.92 Å². The van der Waals surface area contributed by atoms with Crippen LogP contribution >= 0.6 is 11.3 Å². The molecule has 0 bridgehead atoms. The summed E-state index contributed by atoms with van der Waals surface area (Å²) in [5.41, 5.74) is 4.05. The third-order valence-corrected chi connectivity index (χ3v) is 8.52. The SMILES string of the molecule is C=CCCc1csc(N[C@H](C(=O)N2C[C@H](OC(=O)N3Cc4cccc(C=C)c4C3)C[C@H]2C(=O)OC)[C@@H](C)CC)n1. The summed E-state index contributed by atoms with van der Waals surface area (Å²) in [5, 5.41) is 5.94. The van der Waals surface area contributed by atoms with Crippen molar-refractivity contribution in [2.45, 2.75) is 70.8 Å². The van der Waals surface area contributed by atoms with Gasteiger partial charge in [0.15, 0.2) is 5.13 Å². The predicted molar refractivity (Wildman–Crippen MR) is 156 cm³/mol. The lowest BCUT2D eigenvalue weighted by molar-refractivity contribution is -0.151. The molecule has 4 atom stereocenters. The van der Waals surface area contributed by atoms with Gasteiger partial charge >= 0.3 is 12.1 Å². The molecular weight excluding hydrogens is 528 g/mol. The number of esters is 1. The summed E-state index contributed by atoms with van der Waals surface area (Å²) < 4.78 is 10.9. The molecule has 0 radical (unpaired) electrons. The number of carbonyl (C=O) groups is 3. The van der Waals surface area contributed by atoms with E-state index in [9.17, 15) is 14.4 Å². The highest BCUT2D eigenvalue weighted by Gasteiger charge is 2.45. The molecular formula is C30H38N4O5S. The van der Waals surface area contributed by atoms with Crippen molar-refractivity contribution in [1.82, 2.24) is 14.8 Å². The first-order valence-corrected chi connectivity index (χ1v) is 14.6. The van der Waals surface area contributed by atoms with Crippen molar-refractivity contribution in [3.8, 4) is 0 Å². The zero-order valence-corrected chi connectivity index (χ0v) is 24.2. The number of ether oxygens (including phenoxy) is 2. The Kier molecular flexibility index (Phi) is 9.63. The number of aryl methyl sites for hydroxylation is 1. The minimum absolute atomic E-state index is 0.0323. The summed E-state index contributed by atoms with van der Waals surface area (Å²) in [7, 11) is 1.30. The minimum Gasteiger partial charge on any atom is -0.467 e. The zero-order chi connectivity index (χ0) is 28.8. The number of amides is 2. The number of fused-ring (bicyclic) bond motifs is 1. The van der Waals surface area contributed by atoms with Gasteiger partial charge in [-0.15, -0.1) is 17.9 Å². The molecule has 0 saturated carbocycles. The quantitative estimate of drug-likeness (QED) is 0.301. The Morgan fingerprint density at radius 3 is 2.77 bits per heavy atom. The molecule has 214 valence electrons. The highest BCUT2D eigenvalue weighted by atomic mass is 32.1. The molecule has 40 heavy (non-hydrogen) atoms. The van der Waals surface area contributed by atoms with E-state index in [-0.39, 0.29) is 24.8 Å². The number of nitrogens with zero attached hydrogens (tertiary/aromatic N) is 3. The number of hydrogen-bond donors (Lipinski definition) is 1. The van der Waals surface area contributed by atoms with Crippen LogP contribution in [0.4, 0.5) is 9.93 Å². The van der Waals surface area contributed by atoms with Gasteiger partial charge in [-0.25, -0.2) is 14.6 Å². The van der Waals surface area contributed by atoms with Crippen molar-refractivity contribution < 1.29 is 23.9 Å². The van der Waals surface area contributed by atoms with E-state index in [0.29, 0.717) is 18.2 Å². The summed E-state index contributed by atoms with van der Waals surface area (Å²) in [6, 6.07) is 4.46. The van der Waals surface area contributed by atoms with Gasteiger partial charge in [0.05, 0.1) is 25.9 Å². The van der Waals surface area contributed by atoms with Crippen LogP contribution in [0.2, 0.25) is 0 Å². The molecule has 4 rings (SSSR count). The molecule has 1 fully saturated rings. The van der Waals surface area contributed by atoms with Crippen molar-refractivity contribution in [3.05, 3.63) is 65.2 Å². The van der Waals surface area contributed by atoms with Crippen molar-refractivity contribution >= 4 is 40.5 Å². The summed E-state index contributed by atoms with van der Waals surface area (Å²) in [5.74, 6) is -0.801. The Morgan fingerprint density at radius 1 is 1.27 bits per heavy atom. The number of anilines is 1. The molecule has 0 unspecified atom stereocenters. The zero-order valence-electron chi connectivity index (χ0n) is 23.4. The van der Waals surface area contributed by atoms with Crippen molar-refractivity contribution in [2.75, 3.05) is 19.0 Å². The average Bonchev–Trinajstić information content (AvgIpc) is 3.71. The van der Waals surface area contributed by atoms with Gasteiger partial charge in [-0.3, -0.25) is 9.69 Å². The number of likely N-dealkylation sites (tertiary alicyclic amines) is 1. The lowest BCUT2D eigenvalue weighted by Gasteiger charge is -2.30. The van der Waals surface area contributed by atoms with Gasteiger partial charge in [0.1, 0.15) is 18.2 Å². The molecule has 1 saturated heterocycles. The number of thiazole rings is 1. The van der Waals surface area contributed by atoms with Gasteiger partial charge in [-0.1, -0.05) is 57.2 Å². The van der Waals surface area contributed by atoms with E-state index in [1.54, 1.807) is 11.0 Å². The van der Waals surface area contributed by atoms with Gasteiger partial charge < -0.3 is 19.7 Å². The van der Waals surface area contributed by atoms with Crippen LogP contribution in [0.5, 0.6) is 0 Å². The van der Waals surface area contributed by atoms with E-state index in [0.717, 1.165) is 41.6 Å². The second-order valence-corrected chi connectivity index (χ2v) is 11.2. The molecule has 1 aromatic heterocycles. The number of carbonyl (C=O) groups excluding carboxylic acids is 3. The third kappa shape index (κ3) is 6.38. The average molecular weight is 567 g/mol. The second kappa shape index (κ2) is 13.1. The first kappa shape index (κ1) is 29.3. The normalized spacial score (nSPS) is 19.5. The number of benzene rings is 1. The third-order valence-electron chi connectivity index (χ3n) is 7.70. The minimum atomic E-state index is -0.841. The maximum Gasteiger partial charge on any atom is 0.410 e. The molecule has 1 aromatic carbocycles. The van der Waals surface area contributed by atoms with Crippen LogP contribution in [-0.4, -0.2) is 64.6 Å². The number of allylic oxidation sites excluding steroid dienone is 1. The summed E-state index contributed by atoms with van der Waals surface area (Å²) in [4.78, 5) is 47.6. The number of hydrogen-bond acceptors (Lipinski definition) is 8. The topological polar surface area (TPSA) is 101 Å². The molecule has 1 N–H and O–H groups in total. The molecule has 0 aliphatic carbocycles. The van der Waals surface area contributed by atoms with E-state index >= 15 is 0 Å². The van der Waals surface area contributed by atoms with Crippen LogP contribution in [-0.2, 0) is 38.6 Å². The lowest BCUT2D eigenvalue weighted by Crippen LogP contribution is -2.50. The fraction of sp³-hybridized carbons (Fsp3) is 0.467. The van der Waals surface area contributed by atoms with E-state index < -0.39 is 30.3 Å². The molecule has 10 heteroatoms. The maximum atomic E-state index is 13.9. The molecule has 2 aliphatic rings. The lowest BCUT2D eigenvalue weighted by atomic mass is 9.97. The van der Waals surface area contributed by atoms with Gasteiger partial charge in [-0.2, -0.15) is 0 Å². The predicted octanol–water partition coefficient (Wildman–Crippen LogP) is 5.03. The Balaban J connectivity index is 1.46. The Labute approximate surface area is 239 Å². The summed E-state index contributed by atoms with van der Waals surface area (Å²) in [6.45, 7) is 12.6. The fourth-order valence-corrected chi connectivity index (χ4v) is 5.99. The van der Waals surface area contributed by atoms with Crippen LogP contribution in [0, 0.1) is 5.92 Å². The standard InChI is InChI=1S/C30H38N4O5S/c1-6-9-13-22-18-40-29(31-22)32-26(19(4)7-2)27(35)34-16-23(14-25(34)28(36)38-5)39-30(37)33-15-21-12-10-11-20(8-3)24(21)17-33/h6,8,10-12,18-19,23,25-26H,1,3,7,9,13-17H2,2,4-5H3,(H,31,32)/t19-,23+,25-,26-/m0/s1. The van der Waals surface area contributed by atoms with Gasteiger partial charge in [0.25, 0.3) is 0 Å².